The fourth-order valence-electron chi connectivity index (χ4n) is 7.70. The Morgan fingerprint density at radius 3 is 2.18 bits per heavy atom. The Morgan fingerprint density at radius 1 is 1.00 bits per heavy atom. The number of aliphatic carboxylic acids is 1. The van der Waals surface area contributed by atoms with E-state index in [0.717, 1.165) is 22.9 Å². The van der Waals surface area contributed by atoms with Crippen LogP contribution in [0.1, 0.15) is 116 Å². The minimum Gasteiger partial charge on any atom is -0.481 e. The summed E-state index contributed by atoms with van der Waals surface area (Å²) in [5.74, 6) is -0.889. The number of aliphatic hydroxyl groups is 2. The maximum atomic E-state index is 13.9. The van der Waals surface area contributed by atoms with Crippen molar-refractivity contribution in [3.63, 3.8) is 0 Å². The molecule has 1 aromatic heterocycles. The van der Waals surface area contributed by atoms with E-state index in [-0.39, 0.29) is 48.5 Å². The van der Waals surface area contributed by atoms with Gasteiger partial charge in [0.1, 0.15) is 18.0 Å². The van der Waals surface area contributed by atoms with Crippen LogP contribution in [0.25, 0.3) is 0 Å². The first-order chi connectivity index (χ1) is 28.5. The van der Waals surface area contributed by atoms with Crippen LogP contribution in [0.15, 0.2) is 64.3 Å². The lowest BCUT2D eigenvalue weighted by molar-refractivity contribution is -0.198. The molecule has 0 spiro atoms. The number of amides is 1. The Balaban J connectivity index is 0.000000358. The summed E-state index contributed by atoms with van der Waals surface area (Å²) in [6, 6.07) is 11.3. The smallest absolute Gasteiger partial charge is 0.338 e. The number of ether oxygens (including phenoxy) is 4. The molecule has 1 aliphatic heterocycles. The molecule has 2 aromatic rings. The Morgan fingerprint density at radius 2 is 1.66 bits per heavy atom. The normalized spacial score (nSPS) is 24.8. The van der Waals surface area contributed by atoms with Gasteiger partial charge in [-0.05, 0) is 63.3 Å². The van der Waals surface area contributed by atoms with Crippen LogP contribution in [-0.4, -0.2) is 100 Å². The molecule has 1 amide bonds. The summed E-state index contributed by atoms with van der Waals surface area (Å²) in [6.45, 7) is 14.4. The highest BCUT2D eigenvalue weighted by Gasteiger charge is 2.56. The van der Waals surface area contributed by atoms with Gasteiger partial charge in [0.2, 0.25) is 0 Å². The summed E-state index contributed by atoms with van der Waals surface area (Å²) in [7, 11) is 1.35. The first kappa shape index (κ1) is 50.8. The second-order valence-electron chi connectivity index (χ2n) is 17.0. The largest absolute Gasteiger partial charge is 0.481 e. The number of carbonyl (C=O) groups excluding carboxylic acids is 5. The van der Waals surface area contributed by atoms with Gasteiger partial charge in [-0.15, -0.1) is 0 Å². The van der Waals surface area contributed by atoms with E-state index in [0.29, 0.717) is 55.3 Å². The maximum absolute atomic E-state index is 13.9. The first-order valence-electron chi connectivity index (χ1n) is 20.4. The van der Waals surface area contributed by atoms with Crippen LogP contribution in [0.3, 0.4) is 0 Å². The summed E-state index contributed by atoms with van der Waals surface area (Å²) in [4.78, 5) is 70.6. The number of benzene rings is 1. The molecule has 61 heavy (non-hydrogen) atoms. The summed E-state index contributed by atoms with van der Waals surface area (Å²) < 4.78 is 25.9. The van der Waals surface area contributed by atoms with Crippen molar-refractivity contribution in [2.75, 3.05) is 26.1 Å². The lowest BCUT2D eigenvalue weighted by Gasteiger charge is -2.51. The molecule has 338 valence electrons. The Bertz CT molecular complexity index is 1840. The predicted octanol–water partition coefficient (Wildman–Crippen LogP) is 6.85. The number of hydrogen-bond acceptors (Lipinski definition) is 14. The molecule has 0 bridgehead atoms. The summed E-state index contributed by atoms with van der Waals surface area (Å²) in [5.41, 5.74) is -1.15. The Labute approximate surface area is 362 Å². The van der Waals surface area contributed by atoms with E-state index in [9.17, 15) is 39.0 Å². The van der Waals surface area contributed by atoms with Gasteiger partial charge in [0.15, 0.2) is 11.9 Å². The molecule has 7 atom stereocenters. The number of nitrogens with one attached hydrogen (secondary N) is 1. The van der Waals surface area contributed by atoms with Crippen molar-refractivity contribution in [2.24, 2.45) is 22.7 Å². The third-order valence-electron chi connectivity index (χ3n) is 11.7. The minimum atomic E-state index is -1.39. The van der Waals surface area contributed by atoms with Gasteiger partial charge in [-0.3, -0.25) is 24.0 Å². The predicted molar refractivity (Wildman–Crippen MR) is 226 cm³/mol. The van der Waals surface area contributed by atoms with E-state index >= 15 is 0 Å². The number of ketones is 1. The van der Waals surface area contributed by atoms with E-state index < -0.39 is 52.6 Å². The molecule has 4 N–H and O–H groups in total. The number of fused-ring (bicyclic) bond motifs is 1. The van der Waals surface area contributed by atoms with Crippen LogP contribution in [0.2, 0.25) is 0 Å². The lowest BCUT2D eigenvalue weighted by Crippen LogP contribution is -2.58. The van der Waals surface area contributed by atoms with Crippen molar-refractivity contribution < 1.29 is 67.5 Å². The fraction of sp³-hybridized carbons (Fsp3) is 0.600. The van der Waals surface area contributed by atoms with Crippen molar-refractivity contribution in [1.82, 2.24) is 5.32 Å². The van der Waals surface area contributed by atoms with Crippen LogP contribution in [0.5, 0.6) is 0 Å². The second kappa shape index (κ2) is 22.5. The number of carbonyl (C=O) groups is 6. The summed E-state index contributed by atoms with van der Waals surface area (Å²) in [6.07, 6.45) is 1.08. The number of methoxy groups -OCH3 is 1. The number of carboxylic acids is 1. The molecule has 1 saturated heterocycles. The highest BCUT2D eigenvalue weighted by Crippen LogP contribution is 2.51. The van der Waals surface area contributed by atoms with Gasteiger partial charge < -0.3 is 44.0 Å². The number of furan rings is 1. The average Bonchev–Trinajstić information content (AvgIpc) is 3.74. The van der Waals surface area contributed by atoms with Crippen LogP contribution in [0, 0.1) is 22.7 Å². The standard InChI is InChI=1S/C30H40O8.C12H17NO4S.C3H6O2/c1-18-11-12-30(35,17-37-27(34)20-9-7-6-8-10-20)28(3,4)22(18)13-24(38-19(2)31)26(33)29(5)15-21-16-36-23(21)14-25(29)32;1-8(2)7-18-12(16)13-9(6-11(14)15)10-4-3-5-17-10;1-3(4)5-2/h6-10,21,23-25,32,35H,11-17H2,1-5H3;3-5,8-9H,6-7H2,1-2H3,(H,13,16)(H,14,15);1-2H3/t21?,23-,24-,25+,29+,30-;;/m1../s1. The number of carboxylic acid groups (broad SMARTS) is 1. The molecule has 16 heteroatoms. The van der Waals surface area contributed by atoms with E-state index in [1.54, 1.807) is 49.4 Å². The molecule has 1 aromatic carbocycles. The van der Waals surface area contributed by atoms with Crippen LogP contribution in [0.4, 0.5) is 4.79 Å². The molecule has 3 aliphatic rings. The fourth-order valence-corrected chi connectivity index (χ4v) is 8.41. The Hall–Kier alpha value is -4.51. The molecule has 1 saturated carbocycles. The van der Waals surface area contributed by atoms with Gasteiger partial charge in [0.05, 0.1) is 55.6 Å². The zero-order valence-electron chi connectivity index (χ0n) is 36.7. The van der Waals surface area contributed by atoms with Crippen LogP contribution >= 0.6 is 11.8 Å². The number of thioether (sulfide) groups is 1. The monoisotopic (exact) mass is 873 g/mol. The molecule has 0 radical (unpaired) electrons. The van der Waals surface area contributed by atoms with E-state index in [1.807, 2.05) is 34.6 Å². The van der Waals surface area contributed by atoms with Crippen LogP contribution in [-0.2, 0) is 38.1 Å². The minimum absolute atomic E-state index is 0.0334. The van der Waals surface area contributed by atoms with Crippen molar-refractivity contribution >= 4 is 46.7 Å². The van der Waals surface area contributed by atoms with E-state index in [1.165, 1.54) is 27.2 Å². The number of allylic oxidation sites excluding steroid dienone is 1. The zero-order valence-corrected chi connectivity index (χ0v) is 37.5. The first-order valence-corrected chi connectivity index (χ1v) is 21.4. The molecular weight excluding hydrogens is 811 g/mol. The Kier molecular flexibility index (Phi) is 18.8. The van der Waals surface area contributed by atoms with Gasteiger partial charge in [-0.2, -0.15) is 0 Å². The number of Topliss-reactive ketones (excluding diaryl/α,β-unsaturated/α-hetero) is 1. The number of hydrogen-bond donors (Lipinski definition) is 4. The molecule has 2 unspecified atom stereocenters. The average molecular weight is 874 g/mol. The molecule has 5 rings (SSSR count). The summed E-state index contributed by atoms with van der Waals surface area (Å²) in [5, 5.41) is 33.9. The van der Waals surface area contributed by atoms with Crippen molar-refractivity contribution in [3.8, 4) is 0 Å². The third-order valence-corrected chi connectivity index (χ3v) is 12.9. The third kappa shape index (κ3) is 14.0. The van der Waals surface area contributed by atoms with Gasteiger partial charge in [-0.25, -0.2) is 4.79 Å². The number of esters is 3. The van der Waals surface area contributed by atoms with Gasteiger partial charge >= 0.3 is 23.9 Å². The highest BCUT2D eigenvalue weighted by atomic mass is 32.2. The maximum Gasteiger partial charge on any atom is 0.338 e. The van der Waals surface area contributed by atoms with E-state index in [2.05, 4.69) is 10.1 Å². The lowest BCUT2D eigenvalue weighted by atomic mass is 9.59. The van der Waals surface area contributed by atoms with Crippen molar-refractivity contribution in [3.05, 3.63) is 71.2 Å². The molecule has 2 heterocycles. The number of rotatable bonds is 14. The molecule has 2 fully saturated rings. The topological polar surface area (TPSA) is 225 Å². The quantitative estimate of drug-likeness (QED) is 0.0865. The van der Waals surface area contributed by atoms with Crippen LogP contribution < -0.4 is 5.32 Å². The van der Waals surface area contributed by atoms with Gasteiger partial charge in [-0.1, -0.05) is 68.8 Å². The molecule has 2 aliphatic carbocycles. The van der Waals surface area contributed by atoms with Crippen molar-refractivity contribution in [1.29, 1.82) is 0 Å². The SMILES string of the molecule is CC(=O)O[C@H](CC1=C(C)CC[C@@](O)(COC(=O)c2ccccc2)C1(C)C)C(=O)[C@@]1(C)CC2CO[C@@H]2C[C@@H]1O.CC(C)CSC(=O)NC(CC(=O)O)c1ccco1.COC(C)=O. The van der Waals surface area contributed by atoms with E-state index in [4.69, 9.17) is 23.7 Å². The van der Waals surface area contributed by atoms with Crippen molar-refractivity contribution in [2.45, 2.75) is 124 Å². The number of aliphatic hydroxyl groups excluding tert-OH is 1. The summed E-state index contributed by atoms with van der Waals surface area (Å²) >= 11 is 1.15. The molecule has 15 nitrogen and oxygen atoms in total. The molecular formula is C45H63NO14S. The highest BCUT2D eigenvalue weighted by molar-refractivity contribution is 8.13. The van der Waals surface area contributed by atoms with Gasteiger partial charge in [0, 0.05) is 43.8 Å². The second-order valence-corrected chi connectivity index (χ2v) is 18.0. The zero-order chi connectivity index (χ0) is 45.7. The van der Waals surface area contributed by atoms with Gasteiger partial charge in [0.25, 0.3) is 5.24 Å².